The number of methoxy groups -OCH3 is 2. The fourth-order valence-corrected chi connectivity index (χ4v) is 6.45. The first kappa shape index (κ1) is 36.8. The van der Waals surface area contributed by atoms with E-state index < -0.39 is 28.5 Å². The summed E-state index contributed by atoms with van der Waals surface area (Å²) in [5, 5.41) is 3.58. The first-order valence-corrected chi connectivity index (χ1v) is 17.1. The molecule has 0 aliphatic rings. The Morgan fingerprint density at radius 1 is 0.870 bits per heavy atom. The Balaban J connectivity index is 2.13. The van der Waals surface area contributed by atoms with Gasteiger partial charge in [-0.05, 0) is 80.8 Å². The number of hydrogen-bond donors (Lipinski definition) is 1. The number of carbonyl (C=O) groups excluding carboxylic acids is 2. The van der Waals surface area contributed by atoms with Crippen LogP contribution in [0.15, 0.2) is 65.6 Å². The van der Waals surface area contributed by atoms with E-state index in [1.807, 2.05) is 20.8 Å². The highest BCUT2D eigenvalue weighted by Gasteiger charge is 2.34. The Morgan fingerprint density at radius 3 is 2.11 bits per heavy atom. The second-order valence-electron chi connectivity index (χ2n) is 10.5. The van der Waals surface area contributed by atoms with Gasteiger partial charge in [-0.2, -0.15) is 0 Å². The van der Waals surface area contributed by atoms with Crippen LogP contribution in [0, 0.1) is 0 Å². The van der Waals surface area contributed by atoms with Gasteiger partial charge in [-0.25, -0.2) is 8.42 Å². The van der Waals surface area contributed by atoms with E-state index in [9.17, 15) is 18.0 Å². The molecule has 0 radical (unpaired) electrons. The highest BCUT2D eigenvalue weighted by Crippen LogP contribution is 2.33. The van der Waals surface area contributed by atoms with Crippen molar-refractivity contribution in [2.24, 2.45) is 0 Å². The maximum absolute atomic E-state index is 14.3. The molecule has 250 valence electrons. The molecule has 1 N–H and O–H groups in total. The summed E-state index contributed by atoms with van der Waals surface area (Å²) in [7, 11) is -1.51. The summed E-state index contributed by atoms with van der Waals surface area (Å²) in [5.41, 5.74) is 0.839. The largest absolute Gasteiger partial charge is 0.494 e. The Labute approximate surface area is 281 Å². The maximum atomic E-state index is 14.3. The SMILES string of the molecule is CCOc1ccc(N(CC(=O)N(Cc2ccc(Cl)c(Cl)c2)[C@@H](CC)C(=O)N[C@H](C)CC)S(=O)(=O)c2ccc(OC)c(OC)c2)cc1. The molecule has 0 saturated carbocycles. The predicted octanol–water partition coefficient (Wildman–Crippen LogP) is 6.33. The average Bonchev–Trinajstić information content (AvgIpc) is 3.05. The van der Waals surface area contributed by atoms with E-state index in [0.29, 0.717) is 35.1 Å². The lowest BCUT2D eigenvalue weighted by Crippen LogP contribution is -2.53. The number of benzene rings is 3. The summed E-state index contributed by atoms with van der Waals surface area (Å²) in [5.74, 6) is 0.137. The molecule has 0 spiro atoms. The van der Waals surface area contributed by atoms with Crippen molar-refractivity contribution in [3.63, 3.8) is 0 Å². The van der Waals surface area contributed by atoms with Crippen molar-refractivity contribution >= 4 is 50.7 Å². The summed E-state index contributed by atoms with van der Waals surface area (Å²) in [4.78, 5) is 29.1. The lowest BCUT2D eigenvalue weighted by molar-refractivity contribution is -0.140. The van der Waals surface area contributed by atoms with Gasteiger partial charge in [0, 0.05) is 18.7 Å². The van der Waals surface area contributed by atoms with Gasteiger partial charge >= 0.3 is 0 Å². The monoisotopic (exact) mass is 693 g/mol. The second-order valence-corrected chi connectivity index (χ2v) is 13.1. The number of nitrogens with one attached hydrogen (secondary N) is 1. The highest BCUT2D eigenvalue weighted by atomic mass is 35.5. The third kappa shape index (κ3) is 8.98. The summed E-state index contributed by atoms with van der Waals surface area (Å²) in [6, 6.07) is 14.5. The minimum absolute atomic E-state index is 0.0182. The number of carbonyl (C=O) groups is 2. The molecule has 0 saturated heterocycles. The molecule has 0 heterocycles. The molecule has 10 nitrogen and oxygen atoms in total. The van der Waals surface area contributed by atoms with Crippen molar-refractivity contribution < 1.29 is 32.2 Å². The van der Waals surface area contributed by atoms with Gasteiger partial charge < -0.3 is 24.4 Å². The van der Waals surface area contributed by atoms with E-state index in [1.54, 1.807) is 49.4 Å². The van der Waals surface area contributed by atoms with Crippen LogP contribution in [0.4, 0.5) is 5.69 Å². The molecule has 0 aromatic heterocycles. The molecule has 13 heteroatoms. The average molecular weight is 695 g/mol. The minimum Gasteiger partial charge on any atom is -0.494 e. The van der Waals surface area contributed by atoms with Crippen molar-refractivity contribution in [2.45, 2.75) is 64.1 Å². The summed E-state index contributed by atoms with van der Waals surface area (Å²) in [6.45, 7) is 7.24. The zero-order valence-corrected chi connectivity index (χ0v) is 29.2. The predicted molar refractivity (Wildman–Crippen MR) is 181 cm³/mol. The number of ether oxygens (including phenoxy) is 3. The van der Waals surface area contributed by atoms with E-state index in [2.05, 4.69) is 5.32 Å². The molecule has 0 fully saturated rings. The highest BCUT2D eigenvalue weighted by molar-refractivity contribution is 7.92. The van der Waals surface area contributed by atoms with Crippen LogP contribution in [0.1, 0.15) is 46.1 Å². The minimum atomic E-state index is -4.36. The number of sulfonamides is 1. The quantitative estimate of drug-likeness (QED) is 0.187. The van der Waals surface area contributed by atoms with Gasteiger partial charge in [-0.3, -0.25) is 13.9 Å². The Bertz CT molecular complexity index is 1600. The standard InChI is InChI=1S/C33H41Cl2N3O7S/c1-7-22(4)36-33(40)29(8-2)37(20-23-10-16-27(34)28(35)18-23)32(39)21-38(24-11-13-25(14-12-24)45-9-3)46(41,42)26-15-17-30(43-5)31(19-26)44-6/h10-19,22,29H,7-9,20-21H2,1-6H3,(H,36,40)/t22-,29+/m1/s1. The molecule has 2 amide bonds. The summed E-state index contributed by atoms with van der Waals surface area (Å²) < 4.78 is 45.8. The normalized spacial score (nSPS) is 12.5. The molecule has 46 heavy (non-hydrogen) atoms. The molecule has 2 atom stereocenters. The van der Waals surface area contributed by atoms with Gasteiger partial charge in [0.05, 0.1) is 41.5 Å². The fraction of sp³-hybridized carbons (Fsp3) is 0.394. The van der Waals surface area contributed by atoms with E-state index in [0.717, 1.165) is 4.31 Å². The molecule has 3 aromatic rings. The van der Waals surface area contributed by atoms with Gasteiger partial charge in [0.25, 0.3) is 10.0 Å². The molecule has 0 bridgehead atoms. The lowest BCUT2D eigenvalue weighted by Gasteiger charge is -2.34. The maximum Gasteiger partial charge on any atom is 0.264 e. The number of halogens is 2. The van der Waals surface area contributed by atoms with Crippen LogP contribution < -0.4 is 23.8 Å². The smallest absolute Gasteiger partial charge is 0.264 e. The van der Waals surface area contributed by atoms with Crippen molar-refractivity contribution in [1.29, 1.82) is 0 Å². The van der Waals surface area contributed by atoms with E-state index in [1.165, 1.54) is 37.3 Å². The number of nitrogens with zero attached hydrogens (tertiary/aromatic N) is 2. The number of hydrogen-bond acceptors (Lipinski definition) is 7. The Hall–Kier alpha value is -3.67. The van der Waals surface area contributed by atoms with Crippen molar-refractivity contribution in [3.8, 4) is 17.2 Å². The Kier molecular flexibility index (Phi) is 13.4. The number of amides is 2. The molecular weight excluding hydrogens is 653 g/mol. The van der Waals surface area contributed by atoms with Crippen LogP contribution in [0.2, 0.25) is 10.0 Å². The lowest BCUT2D eigenvalue weighted by atomic mass is 10.1. The van der Waals surface area contributed by atoms with Crippen LogP contribution in [0.5, 0.6) is 17.2 Å². The van der Waals surface area contributed by atoms with E-state index in [4.69, 9.17) is 37.4 Å². The van der Waals surface area contributed by atoms with Crippen molar-refractivity contribution in [1.82, 2.24) is 10.2 Å². The van der Waals surface area contributed by atoms with E-state index >= 15 is 0 Å². The molecule has 0 aliphatic heterocycles. The zero-order chi connectivity index (χ0) is 34.0. The molecule has 0 aliphatic carbocycles. The van der Waals surface area contributed by atoms with Crippen LogP contribution in [-0.2, 0) is 26.2 Å². The van der Waals surface area contributed by atoms with Gasteiger partial charge in [-0.1, -0.05) is 43.1 Å². The molecule has 3 aromatic carbocycles. The topological polar surface area (TPSA) is 114 Å². The van der Waals surface area contributed by atoms with Crippen LogP contribution >= 0.6 is 23.2 Å². The molecule has 0 unspecified atom stereocenters. The van der Waals surface area contributed by atoms with Crippen LogP contribution in [0.25, 0.3) is 0 Å². The van der Waals surface area contributed by atoms with Crippen LogP contribution in [-0.4, -0.2) is 64.6 Å². The number of rotatable bonds is 16. The van der Waals surface area contributed by atoms with Gasteiger partial charge in [-0.15, -0.1) is 0 Å². The summed E-state index contributed by atoms with van der Waals surface area (Å²) in [6.07, 6.45) is 0.971. The molecular formula is C33H41Cl2N3O7S. The summed E-state index contributed by atoms with van der Waals surface area (Å²) >= 11 is 12.4. The fourth-order valence-electron chi connectivity index (χ4n) is 4.70. The number of anilines is 1. The zero-order valence-electron chi connectivity index (χ0n) is 26.9. The Morgan fingerprint density at radius 2 is 1.54 bits per heavy atom. The van der Waals surface area contributed by atoms with Gasteiger partial charge in [0.15, 0.2) is 11.5 Å². The third-order valence-corrected chi connectivity index (χ3v) is 9.89. The van der Waals surface area contributed by atoms with Crippen molar-refractivity contribution in [3.05, 3.63) is 76.3 Å². The van der Waals surface area contributed by atoms with E-state index in [-0.39, 0.29) is 46.3 Å². The third-order valence-electron chi connectivity index (χ3n) is 7.38. The second kappa shape index (κ2) is 16.8. The first-order valence-electron chi connectivity index (χ1n) is 14.9. The van der Waals surface area contributed by atoms with Gasteiger partial charge in [0.1, 0.15) is 18.3 Å². The van der Waals surface area contributed by atoms with Crippen molar-refractivity contribution in [2.75, 3.05) is 31.7 Å². The van der Waals surface area contributed by atoms with Gasteiger partial charge in [0.2, 0.25) is 11.8 Å². The van der Waals surface area contributed by atoms with Crippen LogP contribution in [0.3, 0.4) is 0 Å². The first-order chi connectivity index (χ1) is 21.9. The molecule has 3 rings (SSSR count).